The van der Waals surface area contributed by atoms with E-state index in [0.717, 1.165) is 5.67 Å². The Kier molecular flexibility index (Phi) is 8.47. The summed E-state index contributed by atoms with van der Waals surface area (Å²) in [6, 6.07) is 0. The third-order valence-corrected chi connectivity index (χ3v) is 10.5. The molecule has 15 heavy (non-hydrogen) atoms. The lowest BCUT2D eigenvalue weighted by Crippen LogP contribution is -2.41. The highest BCUT2D eigenvalue weighted by Crippen LogP contribution is 2.07. The van der Waals surface area contributed by atoms with Crippen LogP contribution in [-0.4, -0.2) is 53.1 Å². The SMILES string of the molecule is C[SiH](C[SiH](C)C(O)OCN)C(O)OCN. The summed E-state index contributed by atoms with van der Waals surface area (Å²) < 4.78 is 9.83. The summed E-state index contributed by atoms with van der Waals surface area (Å²) in [6.45, 7) is 4.02. The molecular formula is C7H22N2O4Si2. The molecule has 4 atom stereocenters. The number of nitrogens with two attached hydrogens (primary N) is 2. The van der Waals surface area contributed by atoms with Crippen LogP contribution in [0.4, 0.5) is 0 Å². The monoisotopic (exact) mass is 254 g/mol. The molecule has 8 heteroatoms. The molecule has 0 aromatic carbocycles. The van der Waals surface area contributed by atoms with E-state index in [1.165, 1.54) is 0 Å². The first-order valence-electron chi connectivity index (χ1n) is 5.02. The Bertz CT molecular complexity index is 150. The van der Waals surface area contributed by atoms with Gasteiger partial charge in [0.2, 0.25) is 0 Å². The summed E-state index contributed by atoms with van der Waals surface area (Å²) in [5.74, 6) is -1.48. The van der Waals surface area contributed by atoms with Gasteiger partial charge in [-0.15, -0.1) is 0 Å². The Morgan fingerprint density at radius 3 is 1.60 bits per heavy atom. The van der Waals surface area contributed by atoms with Crippen LogP contribution in [0.15, 0.2) is 0 Å². The van der Waals surface area contributed by atoms with Gasteiger partial charge in [0.1, 0.15) is 11.8 Å². The van der Waals surface area contributed by atoms with Crippen molar-refractivity contribution in [2.45, 2.75) is 30.6 Å². The van der Waals surface area contributed by atoms with Gasteiger partial charge >= 0.3 is 0 Å². The molecule has 0 saturated carbocycles. The third-order valence-electron chi connectivity index (χ3n) is 2.25. The summed E-state index contributed by atoms with van der Waals surface area (Å²) in [4.78, 5) is 0. The Labute approximate surface area is 93.4 Å². The lowest BCUT2D eigenvalue weighted by molar-refractivity contribution is -0.0441. The fourth-order valence-corrected chi connectivity index (χ4v) is 8.78. The molecule has 0 amide bonds. The maximum absolute atomic E-state index is 9.51. The summed E-state index contributed by atoms with van der Waals surface area (Å²) in [7, 11) is -2.84. The van der Waals surface area contributed by atoms with Gasteiger partial charge in [0, 0.05) is 0 Å². The van der Waals surface area contributed by atoms with E-state index in [0.29, 0.717) is 0 Å². The first-order valence-corrected chi connectivity index (χ1v) is 10.3. The van der Waals surface area contributed by atoms with Crippen LogP contribution >= 0.6 is 0 Å². The van der Waals surface area contributed by atoms with Crippen LogP contribution in [0.3, 0.4) is 0 Å². The van der Waals surface area contributed by atoms with Crippen molar-refractivity contribution < 1.29 is 19.7 Å². The summed E-state index contributed by atoms with van der Waals surface area (Å²) in [5, 5.41) is 19.0. The lowest BCUT2D eigenvalue weighted by Gasteiger charge is -2.22. The molecule has 0 fully saturated rings. The van der Waals surface area contributed by atoms with E-state index >= 15 is 0 Å². The van der Waals surface area contributed by atoms with Gasteiger partial charge in [-0.1, -0.05) is 18.8 Å². The molecule has 4 unspecified atom stereocenters. The van der Waals surface area contributed by atoms with Crippen molar-refractivity contribution >= 4 is 17.6 Å². The maximum Gasteiger partial charge on any atom is 0.136 e. The van der Waals surface area contributed by atoms with Crippen molar-refractivity contribution in [2.24, 2.45) is 11.5 Å². The van der Waals surface area contributed by atoms with Gasteiger partial charge in [-0.3, -0.25) is 0 Å². The van der Waals surface area contributed by atoms with Crippen LogP contribution < -0.4 is 11.5 Å². The standard InChI is InChI=1S/C7H22N2O4Si2/c1-14(6(10)12-3-8)5-15(2)7(11)13-4-9/h6-7,10-11,14-15H,3-5,8-9H2,1-2H3. The van der Waals surface area contributed by atoms with Gasteiger partial charge in [-0.25, -0.2) is 0 Å². The number of rotatable bonds is 8. The normalized spacial score (nSPS) is 19.6. The van der Waals surface area contributed by atoms with Crippen molar-refractivity contribution in [3.63, 3.8) is 0 Å². The highest BCUT2D eigenvalue weighted by molar-refractivity contribution is 6.77. The minimum absolute atomic E-state index is 0.0241. The topological polar surface area (TPSA) is 111 Å². The zero-order chi connectivity index (χ0) is 11.8. The number of ether oxygens (including phenoxy) is 2. The highest BCUT2D eigenvalue weighted by atomic mass is 28.3. The molecule has 0 bridgehead atoms. The second-order valence-electron chi connectivity index (χ2n) is 3.64. The molecule has 6 nitrogen and oxygen atoms in total. The Balaban J connectivity index is 3.88. The second-order valence-corrected chi connectivity index (χ2v) is 10.6. The fourth-order valence-electron chi connectivity index (χ4n) is 1.34. The molecule has 0 aromatic rings. The van der Waals surface area contributed by atoms with E-state index in [4.69, 9.17) is 20.9 Å². The smallest absolute Gasteiger partial charge is 0.136 e. The molecule has 0 aromatic heterocycles. The van der Waals surface area contributed by atoms with Gasteiger partial charge in [0.05, 0.1) is 31.1 Å². The van der Waals surface area contributed by atoms with Gasteiger partial charge < -0.3 is 31.2 Å². The molecular weight excluding hydrogens is 232 g/mol. The van der Waals surface area contributed by atoms with Crippen molar-refractivity contribution in [1.82, 2.24) is 0 Å². The Morgan fingerprint density at radius 1 is 1.00 bits per heavy atom. The predicted octanol–water partition coefficient (Wildman–Crippen LogP) is -2.18. The van der Waals surface area contributed by atoms with Crippen LogP contribution in [0.1, 0.15) is 0 Å². The zero-order valence-electron chi connectivity index (χ0n) is 9.30. The van der Waals surface area contributed by atoms with E-state index < -0.39 is 29.4 Å². The molecule has 0 spiro atoms. The number of hydrogen-bond donors (Lipinski definition) is 4. The van der Waals surface area contributed by atoms with E-state index in [-0.39, 0.29) is 13.5 Å². The number of aliphatic hydroxyl groups is 2. The molecule has 0 saturated heterocycles. The van der Waals surface area contributed by atoms with Crippen molar-refractivity contribution in [3.8, 4) is 0 Å². The van der Waals surface area contributed by atoms with Crippen LogP contribution in [0.25, 0.3) is 0 Å². The van der Waals surface area contributed by atoms with Gasteiger partial charge in [-0.05, 0) is 0 Å². The average Bonchev–Trinajstić information content (AvgIpc) is 2.18. The van der Waals surface area contributed by atoms with Gasteiger partial charge in [0.25, 0.3) is 0 Å². The minimum Gasteiger partial charge on any atom is -0.372 e. The summed E-state index contributed by atoms with van der Waals surface area (Å²) >= 11 is 0. The second kappa shape index (κ2) is 8.36. The molecule has 0 aliphatic heterocycles. The largest absolute Gasteiger partial charge is 0.372 e. The Morgan fingerprint density at radius 2 is 1.33 bits per heavy atom. The quantitative estimate of drug-likeness (QED) is 0.289. The van der Waals surface area contributed by atoms with E-state index in [1.807, 2.05) is 13.1 Å². The highest BCUT2D eigenvalue weighted by Gasteiger charge is 2.24. The van der Waals surface area contributed by atoms with Crippen molar-refractivity contribution in [3.05, 3.63) is 0 Å². The van der Waals surface area contributed by atoms with Gasteiger partial charge in [-0.2, -0.15) is 0 Å². The van der Waals surface area contributed by atoms with Crippen LogP contribution in [-0.2, 0) is 9.47 Å². The van der Waals surface area contributed by atoms with Crippen LogP contribution in [0, 0.1) is 0 Å². The van der Waals surface area contributed by atoms with Gasteiger partial charge in [0.15, 0.2) is 0 Å². The lowest BCUT2D eigenvalue weighted by atomic mass is 11.3. The van der Waals surface area contributed by atoms with Crippen molar-refractivity contribution in [1.29, 1.82) is 0 Å². The molecule has 6 N–H and O–H groups in total. The zero-order valence-corrected chi connectivity index (χ0v) is 11.6. The number of aliphatic hydroxyl groups excluding tert-OH is 2. The summed E-state index contributed by atoms with van der Waals surface area (Å²) in [5.41, 5.74) is 11.2. The summed E-state index contributed by atoms with van der Waals surface area (Å²) in [6.07, 6.45) is 0. The molecule has 0 heterocycles. The third kappa shape index (κ3) is 6.38. The predicted molar refractivity (Wildman–Crippen MR) is 63.1 cm³/mol. The molecule has 0 aliphatic carbocycles. The number of hydrogen-bond acceptors (Lipinski definition) is 6. The first kappa shape index (κ1) is 15.2. The van der Waals surface area contributed by atoms with Crippen LogP contribution in [0.2, 0.25) is 18.8 Å². The molecule has 0 rings (SSSR count). The van der Waals surface area contributed by atoms with E-state index in [2.05, 4.69) is 0 Å². The van der Waals surface area contributed by atoms with E-state index in [9.17, 15) is 10.2 Å². The van der Waals surface area contributed by atoms with E-state index in [1.54, 1.807) is 0 Å². The Hall–Kier alpha value is 0.194. The first-order chi connectivity index (χ1) is 7.02. The molecule has 0 radical (unpaired) electrons. The maximum atomic E-state index is 9.51. The molecule has 92 valence electrons. The van der Waals surface area contributed by atoms with Crippen molar-refractivity contribution in [2.75, 3.05) is 13.5 Å². The molecule has 0 aliphatic rings. The minimum atomic E-state index is -1.42. The van der Waals surface area contributed by atoms with Crippen LogP contribution in [0.5, 0.6) is 0 Å². The fraction of sp³-hybridized carbons (Fsp3) is 1.00. The average molecular weight is 254 g/mol.